The number of hydrogen-bond donors (Lipinski definition) is 2. The van der Waals surface area contributed by atoms with Crippen LogP contribution >= 0.6 is 0 Å². The summed E-state index contributed by atoms with van der Waals surface area (Å²) in [6.07, 6.45) is 7.65. The molecule has 0 radical (unpaired) electrons. The number of H-pyrrole nitrogens is 1. The number of rotatable bonds is 3. The number of carbonyl (C=O) groups is 1. The number of aliphatic hydroxyl groups excluding tert-OH is 1. The summed E-state index contributed by atoms with van der Waals surface area (Å²) in [6.45, 7) is 1.30. The Balaban J connectivity index is 1.60. The van der Waals surface area contributed by atoms with Gasteiger partial charge in [-0.2, -0.15) is 5.10 Å². The standard InChI is InChI=1S/C14H19N5O2/c1-18-7-4-15-13(18)12(20)10-2-5-19(6-3-10)14(21)11-8-16-17-9-11/h4,7-10,12,20H,2-3,5-6H2,1H3,(H,16,17)/t12-/m1/s1. The molecular formula is C14H19N5O2. The summed E-state index contributed by atoms with van der Waals surface area (Å²) in [4.78, 5) is 18.2. The Morgan fingerprint density at radius 2 is 2.24 bits per heavy atom. The van der Waals surface area contributed by atoms with Crippen molar-refractivity contribution in [3.05, 3.63) is 36.2 Å². The number of aromatic nitrogens is 4. The summed E-state index contributed by atoms with van der Waals surface area (Å²) in [5, 5.41) is 16.9. The molecule has 21 heavy (non-hydrogen) atoms. The predicted octanol–water partition coefficient (Wildman–Crippen LogP) is 0.729. The van der Waals surface area contributed by atoms with Crippen LogP contribution in [0, 0.1) is 5.92 Å². The van der Waals surface area contributed by atoms with Gasteiger partial charge in [-0.1, -0.05) is 0 Å². The maximum absolute atomic E-state index is 12.2. The largest absolute Gasteiger partial charge is 0.385 e. The smallest absolute Gasteiger partial charge is 0.257 e. The molecule has 1 amide bonds. The van der Waals surface area contributed by atoms with Crippen molar-refractivity contribution in [2.45, 2.75) is 18.9 Å². The molecule has 2 aromatic rings. The second-order valence-electron chi connectivity index (χ2n) is 5.46. The lowest BCUT2D eigenvalue weighted by atomic mass is 9.90. The first kappa shape index (κ1) is 13.8. The van der Waals surface area contributed by atoms with E-state index in [2.05, 4.69) is 15.2 Å². The van der Waals surface area contributed by atoms with Crippen LogP contribution in [-0.4, -0.2) is 48.8 Å². The van der Waals surface area contributed by atoms with Crippen molar-refractivity contribution in [1.29, 1.82) is 0 Å². The summed E-state index contributed by atoms with van der Waals surface area (Å²) >= 11 is 0. The first-order valence-corrected chi connectivity index (χ1v) is 7.10. The Morgan fingerprint density at radius 1 is 1.48 bits per heavy atom. The summed E-state index contributed by atoms with van der Waals surface area (Å²) in [7, 11) is 1.88. The van der Waals surface area contributed by atoms with Gasteiger partial charge in [-0.15, -0.1) is 0 Å². The minimum absolute atomic E-state index is 0.00585. The zero-order valence-corrected chi connectivity index (χ0v) is 11.9. The molecule has 1 aliphatic rings. The third-order valence-corrected chi connectivity index (χ3v) is 4.14. The molecule has 1 fully saturated rings. The van der Waals surface area contributed by atoms with Gasteiger partial charge in [-0.05, 0) is 18.8 Å². The van der Waals surface area contributed by atoms with Gasteiger partial charge < -0.3 is 14.6 Å². The highest BCUT2D eigenvalue weighted by atomic mass is 16.3. The SMILES string of the molecule is Cn1ccnc1[C@H](O)C1CCN(C(=O)c2cn[nH]c2)CC1. The highest BCUT2D eigenvalue weighted by Gasteiger charge is 2.30. The van der Waals surface area contributed by atoms with Crippen LogP contribution in [-0.2, 0) is 7.05 Å². The van der Waals surface area contributed by atoms with E-state index in [1.54, 1.807) is 12.4 Å². The molecule has 1 atom stereocenters. The van der Waals surface area contributed by atoms with Crippen LogP contribution in [0.25, 0.3) is 0 Å². The van der Waals surface area contributed by atoms with Gasteiger partial charge in [0.2, 0.25) is 0 Å². The van der Waals surface area contributed by atoms with Crippen molar-refractivity contribution in [3.63, 3.8) is 0 Å². The Labute approximate surface area is 122 Å². The molecule has 0 aliphatic carbocycles. The average molecular weight is 289 g/mol. The lowest BCUT2D eigenvalue weighted by molar-refractivity contribution is 0.0420. The Hall–Kier alpha value is -2.15. The molecular weight excluding hydrogens is 270 g/mol. The first-order chi connectivity index (χ1) is 10.2. The van der Waals surface area contributed by atoms with E-state index in [-0.39, 0.29) is 11.8 Å². The van der Waals surface area contributed by atoms with E-state index in [0.717, 1.165) is 12.8 Å². The van der Waals surface area contributed by atoms with Gasteiger partial charge in [-0.3, -0.25) is 9.89 Å². The zero-order chi connectivity index (χ0) is 14.8. The third kappa shape index (κ3) is 2.69. The molecule has 7 nitrogen and oxygen atoms in total. The number of piperidine rings is 1. The van der Waals surface area contributed by atoms with Crippen molar-refractivity contribution in [2.24, 2.45) is 13.0 Å². The molecule has 112 valence electrons. The van der Waals surface area contributed by atoms with Crippen molar-refractivity contribution in [1.82, 2.24) is 24.6 Å². The number of aryl methyl sites for hydroxylation is 1. The molecule has 0 bridgehead atoms. The van der Waals surface area contributed by atoms with Crippen molar-refractivity contribution < 1.29 is 9.90 Å². The van der Waals surface area contributed by atoms with E-state index in [1.165, 1.54) is 6.20 Å². The maximum atomic E-state index is 12.2. The lowest BCUT2D eigenvalue weighted by Crippen LogP contribution is -2.39. The van der Waals surface area contributed by atoms with E-state index in [9.17, 15) is 9.90 Å². The fourth-order valence-electron chi connectivity index (χ4n) is 2.84. The number of carbonyl (C=O) groups excluding carboxylic acids is 1. The molecule has 2 aromatic heterocycles. The molecule has 1 aliphatic heterocycles. The van der Waals surface area contributed by atoms with Gasteiger partial charge >= 0.3 is 0 Å². The van der Waals surface area contributed by atoms with Crippen LogP contribution in [0.1, 0.15) is 35.1 Å². The van der Waals surface area contributed by atoms with Crippen LogP contribution in [0.2, 0.25) is 0 Å². The van der Waals surface area contributed by atoms with Crippen molar-refractivity contribution in [2.75, 3.05) is 13.1 Å². The van der Waals surface area contributed by atoms with Crippen molar-refractivity contribution in [3.8, 4) is 0 Å². The Morgan fingerprint density at radius 3 is 2.81 bits per heavy atom. The number of imidazole rings is 1. The van der Waals surface area contributed by atoms with Gasteiger partial charge in [0.25, 0.3) is 5.91 Å². The summed E-state index contributed by atoms with van der Waals surface area (Å²) in [5.41, 5.74) is 0.582. The number of nitrogens with zero attached hydrogens (tertiary/aromatic N) is 4. The minimum Gasteiger partial charge on any atom is -0.385 e. The van der Waals surface area contributed by atoms with Crippen molar-refractivity contribution >= 4 is 5.91 Å². The highest BCUT2D eigenvalue weighted by molar-refractivity contribution is 5.93. The van der Waals surface area contributed by atoms with Gasteiger partial charge in [0.05, 0.1) is 11.8 Å². The van der Waals surface area contributed by atoms with Gasteiger partial charge in [-0.25, -0.2) is 4.98 Å². The molecule has 3 heterocycles. The second-order valence-corrected chi connectivity index (χ2v) is 5.46. The molecule has 0 unspecified atom stereocenters. The third-order valence-electron chi connectivity index (χ3n) is 4.14. The normalized spacial score (nSPS) is 17.9. The number of aliphatic hydroxyl groups is 1. The fraction of sp³-hybridized carbons (Fsp3) is 0.500. The van der Waals surface area contributed by atoms with Gasteiger partial charge in [0, 0.05) is 38.7 Å². The number of nitrogens with one attached hydrogen (secondary N) is 1. The van der Waals surface area contributed by atoms with Crippen LogP contribution in [0.4, 0.5) is 0 Å². The van der Waals surface area contributed by atoms with E-state index in [4.69, 9.17) is 0 Å². The Bertz CT molecular complexity index is 599. The van der Waals surface area contributed by atoms with Crippen LogP contribution in [0.3, 0.4) is 0 Å². The summed E-state index contributed by atoms with van der Waals surface area (Å²) in [6, 6.07) is 0. The first-order valence-electron chi connectivity index (χ1n) is 7.10. The number of hydrogen-bond acceptors (Lipinski definition) is 4. The van der Waals surface area contributed by atoms with Crippen LogP contribution in [0.5, 0.6) is 0 Å². The van der Waals surface area contributed by atoms with E-state index >= 15 is 0 Å². The van der Waals surface area contributed by atoms with Crippen LogP contribution < -0.4 is 0 Å². The monoisotopic (exact) mass is 289 g/mol. The topological polar surface area (TPSA) is 87.0 Å². The van der Waals surface area contributed by atoms with E-state index < -0.39 is 6.10 Å². The quantitative estimate of drug-likeness (QED) is 0.872. The van der Waals surface area contributed by atoms with E-state index in [0.29, 0.717) is 24.5 Å². The number of likely N-dealkylation sites (tertiary alicyclic amines) is 1. The molecule has 1 saturated heterocycles. The molecule has 7 heteroatoms. The highest BCUT2D eigenvalue weighted by Crippen LogP contribution is 2.30. The van der Waals surface area contributed by atoms with Gasteiger partial charge in [0.15, 0.2) is 0 Å². The van der Waals surface area contributed by atoms with Gasteiger partial charge in [0.1, 0.15) is 11.9 Å². The molecule has 2 N–H and O–H groups in total. The number of aromatic amines is 1. The molecule has 3 rings (SSSR count). The minimum atomic E-state index is -0.573. The second kappa shape index (κ2) is 5.69. The van der Waals surface area contributed by atoms with Crippen LogP contribution in [0.15, 0.2) is 24.8 Å². The Kier molecular flexibility index (Phi) is 3.74. The maximum Gasteiger partial charge on any atom is 0.257 e. The lowest BCUT2D eigenvalue weighted by Gasteiger charge is -2.33. The molecule has 0 aromatic carbocycles. The average Bonchev–Trinajstić information content (AvgIpc) is 3.17. The van der Waals surface area contributed by atoms with E-state index in [1.807, 2.05) is 22.7 Å². The predicted molar refractivity (Wildman–Crippen MR) is 75.4 cm³/mol. The summed E-state index contributed by atoms with van der Waals surface area (Å²) < 4.78 is 1.84. The zero-order valence-electron chi connectivity index (χ0n) is 11.9. The summed E-state index contributed by atoms with van der Waals surface area (Å²) in [5.74, 6) is 0.822. The number of amides is 1. The molecule has 0 spiro atoms. The fourth-order valence-corrected chi connectivity index (χ4v) is 2.84. The molecule has 0 saturated carbocycles.